The van der Waals surface area contributed by atoms with E-state index in [1.54, 1.807) is 14.2 Å². The first-order chi connectivity index (χ1) is 13.9. The van der Waals surface area contributed by atoms with Crippen LogP contribution in [0.4, 0.5) is 0 Å². The monoisotopic (exact) mass is 399 g/mol. The number of pyridine rings is 2. The van der Waals surface area contributed by atoms with Crippen molar-refractivity contribution in [1.29, 1.82) is 0 Å². The highest BCUT2D eigenvalue weighted by Gasteiger charge is 2.26. The predicted molar refractivity (Wildman–Crippen MR) is 114 cm³/mol. The van der Waals surface area contributed by atoms with Crippen LogP contribution in [0.3, 0.4) is 0 Å². The van der Waals surface area contributed by atoms with E-state index in [1.807, 2.05) is 25.1 Å². The van der Waals surface area contributed by atoms with Gasteiger partial charge in [0.1, 0.15) is 11.9 Å². The molecule has 1 saturated heterocycles. The smallest absolute Gasteiger partial charge is 0.257 e. The molecule has 29 heavy (non-hydrogen) atoms. The van der Waals surface area contributed by atoms with Crippen molar-refractivity contribution in [3.63, 3.8) is 0 Å². The Morgan fingerprint density at radius 3 is 2.31 bits per heavy atom. The summed E-state index contributed by atoms with van der Waals surface area (Å²) in [5.74, 6) is 2.52. The van der Waals surface area contributed by atoms with E-state index in [-0.39, 0.29) is 12.1 Å². The van der Waals surface area contributed by atoms with Gasteiger partial charge in [-0.2, -0.15) is 0 Å². The Bertz CT molecular complexity index is 817. The second-order valence-electron chi connectivity index (χ2n) is 8.00. The Morgan fingerprint density at radius 2 is 1.69 bits per heavy atom. The second-order valence-corrected chi connectivity index (χ2v) is 8.00. The van der Waals surface area contributed by atoms with Crippen LogP contribution in [0, 0.1) is 6.92 Å². The van der Waals surface area contributed by atoms with E-state index in [4.69, 9.17) is 14.2 Å². The summed E-state index contributed by atoms with van der Waals surface area (Å²) in [6.45, 7) is 10.5. The highest BCUT2D eigenvalue weighted by atomic mass is 16.5. The minimum absolute atomic E-state index is 0.214. The number of hydrogen-bond acceptors (Lipinski definition) is 6. The number of nitrogens with zero attached hydrogens (tertiary/aromatic N) is 3. The van der Waals surface area contributed by atoms with Crippen molar-refractivity contribution in [3.8, 4) is 17.4 Å². The minimum atomic E-state index is 0.214. The Hall–Kier alpha value is -2.34. The van der Waals surface area contributed by atoms with Gasteiger partial charge in [-0.15, -0.1) is 0 Å². The van der Waals surface area contributed by atoms with Gasteiger partial charge in [-0.3, -0.25) is 9.88 Å². The molecular formula is C23H33N3O3. The highest BCUT2D eigenvalue weighted by molar-refractivity contribution is 5.35. The van der Waals surface area contributed by atoms with Crippen LogP contribution in [0.25, 0.3) is 0 Å². The Kier molecular flexibility index (Phi) is 6.96. The molecule has 1 atom stereocenters. The van der Waals surface area contributed by atoms with Gasteiger partial charge in [0.15, 0.2) is 5.75 Å². The summed E-state index contributed by atoms with van der Waals surface area (Å²) in [6.07, 6.45) is 2.23. The first-order valence-electron chi connectivity index (χ1n) is 10.4. The number of rotatable bonds is 7. The molecule has 6 heteroatoms. The van der Waals surface area contributed by atoms with E-state index < -0.39 is 0 Å². The lowest BCUT2D eigenvalue weighted by Gasteiger charge is -2.36. The molecule has 0 N–H and O–H groups in total. The van der Waals surface area contributed by atoms with Crippen LogP contribution in [0.1, 0.15) is 62.7 Å². The Morgan fingerprint density at radius 1 is 0.966 bits per heavy atom. The lowest BCUT2D eigenvalue weighted by molar-refractivity contribution is 0.0783. The molecule has 2 aromatic heterocycles. The van der Waals surface area contributed by atoms with Crippen molar-refractivity contribution in [2.75, 3.05) is 27.3 Å². The summed E-state index contributed by atoms with van der Waals surface area (Å²) in [5, 5.41) is 0. The topological polar surface area (TPSA) is 56.7 Å². The van der Waals surface area contributed by atoms with Crippen molar-refractivity contribution in [2.45, 2.75) is 58.6 Å². The number of ether oxygens (including phenoxy) is 3. The van der Waals surface area contributed by atoms with Gasteiger partial charge in [-0.25, -0.2) is 4.98 Å². The summed E-state index contributed by atoms with van der Waals surface area (Å²) in [7, 11) is 3.25. The van der Waals surface area contributed by atoms with Crippen LogP contribution >= 0.6 is 0 Å². The lowest BCUT2D eigenvalue weighted by Crippen LogP contribution is -2.39. The highest BCUT2D eigenvalue weighted by Crippen LogP contribution is 2.30. The van der Waals surface area contributed by atoms with E-state index in [0.29, 0.717) is 17.5 Å². The van der Waals surface area contributed by atoms with Crippen molar-refractivity contribution in [2.24, 2.45) is 0 Å². The number of aryl methyl sites for hydroxylation is 1. The molecule has 3 heterocycles. The van der Waals surface area contributed by atoms with Gasteiger partial charge >= 0.3 is 0 Å². The number of hydrogen-bond donors (Lipinski definition) is 0. The quantitative estimate of drug-likeness (QED) is 0.682. The standard InChI is InChI=1S/C23H33N3O3/c1-15(2)21-14-19(13-16(3)24-21)29-18-9-11-26(12-10-18)17(4)20-7-8-22(27-5)23(25-20)28-6/h7-8,13-15,17-18H,9-12H2,1-6H3. The zero-order valence-corrected chi connectivity index (χ0v) is 18.4. The maximum atomic E-state index is 6.31. The molecule has 158 valence electrons. The van der Waals surface area contributed by atoms with Gasteiger partial charge in [0.05, 0.1) is 19.9 Å². The van der Waals surface area contributed by atoms with E-state index >= 15 is 0 Å². The zero-order chi connectivity index (χ0) is 21.0. The largest absolute Gasteiger partial charge is 0.491 e. The minimum Gasteiger partial charge on any atom is -0.491 e. The third-order valence-corrected chi connectivity index (χ3v) is 5.55. The van der Waals surface area contributed by atoms with E-state index in [2.05, 4.69) is 41.7 Å². The third kappa shape index (κ3) is 5.18. The molecule has 0 radical (unpaired) electrons. The summed E-state index contributed by atoms with van der Waals surface area (Å²) in [6, 6.07) is 8.27. The van der Waals surface area contributed by atoms with Gasteiger partial charge < -0.3 is 14.2 Å². The van der Waals surface area contributed by atoms with Crippen molar-refractivity contribution < 1.29 is 14.2 Å². The summed E-state index contributed by atoms with van der Waals surface area (Å²) < 4.78 is 17.0. The average Bonchev–Trinajstić information content (AvgIpc) is 2.72. The fourth-order valence-corrected chi connectivity index (χ4v) is 3.76. The van der Waals surface area contributed by atoms with Gasteiger partial charge in [0, 0.05) is 42.7 Å². The SMILES string of the molecule is COc1ccc(C(C)N2CCC(Oc3cc(C)nc(C(C)C)c3)CC2)nc1OC. The normalized spacial score (nSPS) is 16.7. The van der Waals surface area contributed by atoms with E-state index in [0.717, 1.165) is 48.8 Å². The molecule has 0 amide bonds. The van der Waals surface area contributed by atoms with E-state index in [1.165, 1.54) is 0 Å². The van der Waals surface area contributed by atoms with Crippen molar-refractivity contribution in [1.82, 2.24) is 14.9 Å². The first kappa shape index (κ1) is 21.4. The van der Waals surface area contributed by atoms with Gasteiger partial charge in [0.25, 0.3) is 5.88 Å². The average molecular weight is 400 g/mol. The fraction of sp³-hybridized carbons (Fsp3) is 0.565. The molecule has 3 rings (SSSR count). The number of methoxy groups -OCH3 is 2. The molecular weight excluding hydrogens is 366 g/mol. The van der Waals surface area contributed by atoms with Crippen molar-refractivity contribution >= 4 is 0 Å². The molecule has 2 aromatic rings. The third-order valence-electron chi connectivity index (χ3n) is 5.55. The number of piperidine rings is 1. The Balaban J connectivity index is 1.60. The molecule has 1 aliphatic heterocycles. The zero-order valence-electron chi connectivity index (χ0n) is 18.4. The lowest BCUT2D eigenvalue weighted by atomic mass is 10.0. The fourth-order valence-electron chi connectivity index (χ4n) is 3.76. The summed E-state index contributed by atoms with van der Waals surface area (Å²) in [4.78, 5) is 11.7. The molecule has 0 bridgehead atoms. The summed E-state index contributed by atoms with van der Waals surface area (Å²) in [5.41, 5.74) is 3.09. The molecule has 6 nitrogen and oxygen atoms in total. The van der Waals surface area contributed by atoms with Crippen molar-refractivity contribution in [3.05, 3.63) is 41.3 Å². The van der Waals surface area contributed by atoms with Gasteiger partial charge in [-0.05, 0) is 44.7 Å². The Labute approximate surface area is 174 Å². The number of likely N-dealkylation sites (tertiary alicyclic amines) is 1. The first-order valence-corrected chi connectivity index (χ1v) is 10.4. The van der Waals surface area contributed by atoms with Gasteiger partial charge in [-0.1, -0.05) is 13.8 Å². The van der Waals surface area contributed by atoms with Crippen LogP contribution in [-0.4, -0.2) is 48.3 Å². The van der Waals surface area contributed by atoms with Crippen LogP contribution in [-0.2, 0) is 0 Å². The van der Waals surface area contributed by atoms with E-state index in [9.17, 15) is 0 Å². The maximum absolute atomic E-state index is 6.31. The van der Waals surface area contributed by atoms with Crippen LogP contribution in [0.2, 0.25) is 0 Å². The number of aromatic nitrogens is 2. The molecule has 0 spiro atoms. The van der Waals surface area contributed by atoms with Crippen LogP contribution < -0.4 is 14.2 Å². The molecule has 0 aromatic carbocycles. The predicted octanol–water partition coefficient (Wildman–Crippen LogP) is 4.53. The molecule has 1 fully saturated rings. The molecule has 1 unspecified atom stereocenters. The van der Waals surface area contributed by atoms with Crippen LogP contribution in [0.5, 0.6) is 17.4 Å². The second kappa shape index (κ2) is 9.44. The molecule has 0 saturated carbocycles. The van der Waals surface area contributed by atoms with Gasteiger partial charge in [0.2, 0.25) is 0 Å². The molecule has 1 aliphatic rings. The van der Waals surface area contributed by atoms with Crippen LogP contribution in [0.15, 0.2) is 24.3 Å². The molecule has 0 aliphatic carbocycles. The summed E-state index contributed by atoms with van der Waals surface area (Å²) >= 11 is 0. The maximum Gasteiger partial charge on any atom is 0.257 e.